The summed E-state index contributed by atoms with van der Waals surface area (Å²) in [6.07, 6.45) is 0.547. The first-order valence-electron chi connectivity index (χ1n) is 8.19. The number of hydrogen-bond acceptors (Lipinski definition) is 5. The van der Waals surface area contributed by atoms with Crippen LogP contribution in [0.2, 0.25) is 0 Å². The molecular weight excluding hydrogens is 308 g/mol. The third kappa shape index (κ3) is 3.08. The maximum Gasteiger partial charge on any atom is 0.241 e. The lowest BCUT2D eigenvalue weighted by molar-refractivity contribution is -0.170. The minimum atomic E-state index is -0.913. The summed E-state index contributed by atoms with van der Waals surface area (Å²) >= 11 is 0. The van der Waals surface area contributed by atoms with E-state index in [0.29, 0.717) is 31.1 Å². The summed E-state index contributed by atoms with van der Waals surface area (Å²) in [6.45, 7) is 6.91. The average molecular weight is 336 g/mol. The molecule has 0 heterocycles. The van der Waals surface area contributed by atoms with Crippen LogP contribution in [0, 0.1) is 5.41 Å². The molecule has 24 heavy (non-hydrogen) atoms. The Morgan fingerprint density at radius 2 is 1.96 bits per heavy atom. The highest BCUT2D eigenvalue weighted by Gasteiger charge is 2.62. The summed E-state index contributed by atoms with van der Waals surface area (Å²) in [5.74, 6) is 1.13. The van der Waals surface area contributed by atoms with E-state index in [9.17, 15) is 4.79 Å². The Hall–Kier alpha value is -1.79. The van der Waals surface area contributed by atoms with Crippen molar-refractivity contribution in [1.82, 2.24) is 5.32 Å². The zero-order valence-corrected chi connectivity index (χ0v) is 15.1. The fraction of sp³-hybridized carbons (Fsp3) is 0.611. The maximum absolute atomic E-state index is 12.6. The predicted octanol–water partition coefficient (Wildman–Crippen LogP) is 1.85. The van der Waals surface area contributed by atoms with Crippen molar-refractivity contribution in [2.45, 2.75) is 45.4 Å². The topological polar surface area (TPSA) is 82.8 Å². The number of hydrogen-bond donors (Lipinski definition) is 2. The van der Waals surface area contributed by atoms with Crippen LogP contribution in [0.15, 0.2) is 18.2 Å². The molecule has 1 aromatic carbocycles. The molecule has 2 atom stereocenters. The van der Waals surface area contributed by atoms with Crippen LogP contribution in [-0.2, 0) is 16.1 Å². The molecule has 1 aliphatic carbocycles. The fourth-order valence-electron chi connectivity index (χ4n) is 3.15. The largest absolute Gasteiger partial charge is 0.493 e. The SMILES string of the molecule is CCOC1CC(N)(C(=O)NCc2ccc(OC)c(OC)c2)C1(C)C. The first kappa shape index (κ1) is 18.5. The molecule has 2 rings (SSSR count). The fourth-order valence-corrected chi connectivity index (χ4v) is 3.15. The second kappa shape index (κ2) is 6.99. The lowest BCUT2D eigenvalue weighted by Gasteiger charge is -2.57. The highest BCUT2D eigenvalue weighted by atomic mass is 16.5. The Labute approximate surface area is 143 Å². The highest BCUT2D eigenvalue weighted by Crippen LogP contribution is 2.49. The van der Waals surface area contributed by atoms with E-state index in [-0.39, 0.29) is 12.0 Å². The molecule has 134 valence electrons. The van der Waals surface area contributed by atoms with Crippen molar-refractivity contribution in [3.63, 3.8) is 0 Å². The Balaban J connectivity index is 2.01. The Morgan fingerprint density at radius 3 is 2.50 bits per heavy atom. The van der Waals surface area contributed by atoms with Gasteiger partial charge in [0.15, 0.2) is 11.5 Å². The van der Waals surface area contributed by atoms with Crippen LogP contribution in [0.25, 0.3) is 0 Å². The number of nitrogens with two attached hydrogens (primary N) is 1. The van der Waals surface area contributed by atoms with E-state index in [2.05, 4.69) is 5.32 Å². The van der Waals surface area contributed by atoms with Crippen molar-refractivity contribution >= 4 is 5.91 Å². The third-order valence-corrected chi connectivity index (χ3v) is 5.14. The van der Waals surface area contributed by atoms with Gasteiger partial charge < -0.3 is 25.3 Å². The normalized spacial score (nSPS) is 24.8. The Bertz CT molecular complexity index is 603. The van der Waals surface area contributed by atoms with Gasteiger partial charge in [-0.25, -0.2) is 0 Å². The average Bonchev–Trinajstić information content (AvgIpc) is 2.58. The van der Waals surface area contributed by atoms with Crippen molar-refractivity contribution in [2.75, 3.05) is 20.8 Å². The summed E-state index contributed by atoms with van der Waals surface area (Å²) in [5, 5.41) is 2.93. The van der Waals surface area contributed by atoms with E-state index in [1.807, 2.05) is 39.0 Å². The lowest BCUT2D eigenvalue weighted by Crippen LogP contribution is -2.75. The van der Waals surface area contributed by atoms with Crippen LogP contribution >= 0.6 is 0 Å². The molecular formula is C18H28N2O4. The van der Waals surface area contributed by atoms with Gasteiger partial charge in [0.1, 0.15) is 5.54 Å². The standard InChI is InChI=1S/C18H28N2O4/c1-6-24-15-10-18(19,17(15,2)3)16(21)20-11-12-7-8-13(22-4)14(9-12)23-5/h7-9,15H,6,10-11,19H2,1-5H3,(H,20,21). The molecule has 0 radical (unpaired) electrons. The van der Waals surface area contributed by atoms with Gasteiger partial charge >= 0.3 is 0 Å². The van der Waals surface area contributed by atoms with Gasteiger partial charge in [0.25, 0.3) is 0 Å². The zero-order chi connectivity index (χ0) is 18.0. The van der Waals surface area contributed by atoms with E-state index in [1.54, 1.807) is 14.2 Å². The monoisotopic (exact) mass is 336 g/mol. The van der Waals surface area contributed by atoms with Gasteiger partial charge in [-0.15, -0.1) is 0 Å². The molecule has 1 aliphatic rings. The molecule has 0 bridgehead atoms. The molecule has 1 fully saturated rings. The summed E-state index contributed by atoms with van der Waals surface area (Å²) in [7, 11) is 3.17. The molecule has 0 saturated heterocycles. The number of carbonyl (C=O) groups is 1. The molecule has 2 unspecified atom stereocenters. The number of methoxy groups -OCH3 is 2. The third-order valence-electron chi connectivity index (χ3n) is 5.14. The minimum absolute atomic E-state index is 0.0133. The van der Waals surface area contributed by atoms with E-state index in [1.165, 1.54) is 0 Å². The molecule has 6 nitrogen and oxygen atoms in total. The number of amides is 1. The molecule has 1 saturated carbocycles. The van der Waals surface area contributed by atoms with Gasteiger partial charge in [0.2, 0.25) is 5.91 Å². The van der Waals surface area contributed by atoms with Crippen molar-refractivity contribution < 1.29 is 19.0 Å². The van der Waals surface area contributed by atoms with Crippen LogP contribution in [0.3, 0.4) is 0 Å². The van der Waals surface area contributed by atoms with Crippen LogP contribution in [0.1, 0.15) is 32.8 Å². The maximum atomic E-state index is 12.6. The first-order chi connectivity index (χ1) is 11.3. The summed E-state index contributed by atoms with van der Waals surface area (Å²) in [4.78, 5) is 12.6. The van der Waals surface area contributed by atoms with Crippen molar-refractivity contribution in [1.29, 1.82) is 0 Å². The number of benzene rings is 1. The van der Waals surface area contributed by atoms with Gasteiger partial charge in [-0.1, -0.05) is 19.9 Å². The number of nitrogens with one attached hydrogen (secondary N) is 1. The second-order valence-corrected chi connectivity index (χ2v) is 6.71. The lowest BCUT2D eigenvalue weighted by atomic mass is 9.54. The predicted molar refractivity (Wildman–Crippen MR) is 92.1 cm³/mol. The molecule has 6 heteroatoms. The smallest absolute Gasteiger partial charge is 0.241 e. The minimum Gasteiger partial charge on any atom is -0.493 e. The second-order valence-electron chi connectivity index (χ2n) is 6.71. The van der Waals surface area contributed by atoms with Crippen LogP contribution < -0.4 is 20.5 Å². The first-order valence-corrected chi connectivity index (χ1v) is 8.19. The summed E-state index contributed by atoms with van der Waals surface area (Å²) in [6, 6.07) is 5.55. The van der Waals surface area contributed by atoms with Crippen LogP contribution in [0.5, 0.6) is 11.5 Å². The van der Waals surface area contributed by atoms with Gasteiger partial charge in [-0.05, 0) is 24.6 Å². The Morgan fingerprint density at radius 1 is 1.29 bits per heavy atom. The van der Waals surface area contributed by atoms with E-state index >= 15 is 0 Å². The summed E-state index contributed by atoms with van der Waals surface area (Å²) < 4.78 is 16.2. The van der Waals surface area contributed by atoms with Crippen molar-refractivity contribution in [3.8, 4) is 11.5 Å². The highest BCUT2D eigenvalue weighted by molar-refractivity contribution is 5.88. The van der Waals surface area contributed by atoms with Crippen molar-refractivity contribution in [3.05, 3.63) is 23.8 Å². The summed E-state index contributed by atoms with van der Waals surface area (Å²) in [5.41, 5.74) is 5.98. The molecule has 1 aromatic rings. The van der Waals surface area contributed by atoms with Crippen molar-refractivity contribution in [2.24, 2.45) is 11.1 Å². The Kier molecular flexibility index (Phi) is 5.40. The zero-order valence-electron chi connectivity index (χ0n) is 15.1. The molecule has 3 N–H and O–H groups in total. The quantitative estimate of drug-likeness (QED) is 0.794. The van der Waals surface area contributed by atoms with Gasteiger partial charge in [0, 0.05) is 25.0 Å². The van der Waals surface area contributed by atoms with E-state index in [4.69, 9.17) is 19.9 Å². The van der Waals surface area contributed by atoms with Gasteiger partial charge in [-0.3, -0.25) is 4.79 Å². The van der Waals surface area contributed by atoms with Crippen LogP contribution in [-0.4, -0.2) is 38.4 Å². The molecule has 1 amide bonds. The molecule has 0 aliphatic heterocycles. The van der Waals surface area contributed by atoms with Crippen LogP contribution in [0.4, 0.5) is 0 Å². The molecule has 0 spiro atoms. The van der Waals surface area contributed by atoms with E-state index < -0.39 is 11.0 Å². The van der Waals surface area contributed by atoms with Gasteiger partial charge in [0.05, 0.1) is 20.3 Å². The number of rotatable bonds is 7. The number of ether oxygens (including phenoxy) is 3. The van der Waals surface area contributed by atoms with E-state index in [0.717, 1.165) is 5.56 Å². The van der Waals surface area contributed by atoms with Gasteiger partial charge in [-0.2, -0.15) is 0 Å². The number of carbonyl (C=O) groups excluding carboxylic acids is 1. The molecule has 0 aromatic heterocycles.